The van der Waals surface area contributed by atoms with Crippen LogP contribution in [0.5, 0.6) is 0 Å². The SMILES string of the molecule is Cn1ncc2cc(S(C)(=O)=O)ccc21. The van der Waals surface area contributed by atoms with Crippen LogP contribution in [-0.4, -0.2) is 24.5 Å². The third-order valence-corrected chi connectivity index (χ3v) is 3.26. The molecule has 0 unspecified atom stereocenters. The molecule has 0 N–H and O–H groups in total. The van der Waals surface area contributed by atoms with E-state index in [0.29, 0.717) is 4.90 Å². The zero-order valence-electron chi connectivity index (χ0n) is 7.93. The molecule has 1 aromatic carbocycles. The first kappa shape index (κ1) is 9.21. The highest BCUT2D eigenvalue weighted by Gasteiger charge is 2.08. The Morgan fingerprint density at radius 3 is 2.71 bits per heavy atom. The highest BCUT2D eigenvalue weighted by Crippen LogP contribution is 2.17. The minimum atomic E-state index is -3.12. The standard InChI is InChI=1S/C9H10N2O2S/c1-11-9-4-3-8(14(2,12)13)5-7(9)6-10-11/h3-6H,1-2H3. The molecule has 0 saturated carbocycles. The fourth-order valence-electron chi connectivity index (χ4n) is 1.37. The van der Waals surface area contributed by atoms with Crippen LogP contribution >= 0.6 is 0 Å². The molecule has 0 bridgehead atoms. The molecule has 0 atom stereocenters. The summed E-state index contributed by atoms with van der Waals surface area (Å²) in [7, 11) is -1.30. The molecule has 0 radical (unpaired) electrons. The van der Waals surface area contributed by atoms with Crippen molar-refractivity contribution in [3.63, 3.8) is 0 Å². The van der Waals surface area contributed by atoms with Gasteiger partial charge in [0.15, 0.2) is 9.84 Å². The fourth-order valence-corrected chi connectivity index (χ4v) is 2.03. The normalized spacial score (nSPS) is 12.1. The van der Waals surface area contributed by atoms with E-state index in [2.05, 4.69) is 5.10 Å². The van der Waals surface area contributed by atoms with Gasteiger partial charge in [0.1, 0.15) is 0 Å². The van der Waals surface area contributed by atoms with Gasteiger partial charge >= 0.3 is 0 Å². The van der Waals surface area contributed by atoms with Crippen molar-refractivity contribution < 1.29 is 8.42 Å². The number of aromatic nitrogens is 2. The van der Waals surface area contributed by atoms with E-state index in [-0.39, 0.29) is 0 Å². The molecule has 0 saturated heterocycles. The zero-order chi connectivity index (χ0) is 10.3. The first-order valence-corrected chi connectivity index (χ1v) is 5.99. The summed E-state index contributed by atoms with van der Waals surface area (Å²) in [6.07, 6.45) is 2.86. The van der Waals surface area contributed by atoms with Gasteiger partial charge in [0.25, 0.3) is 0 Å². The van der Waals surface area contributed by atoms with Crippen LogP contribution in [0.25, 0.3) is 10.9 Å². The Morgan fingerprint density at radius 2 is 2.07 bits per heavy atom. The van der Waals surface area contributed by atoms with Crippen LogP contribution in [0.15, 0.2) is 29.3 Å². The second-order valence-electron chi connectivity index (χ2n) is 3.26. The second-order valence-corrected chi connectivity index (χ2v) is 5.28. The Bertz CT molecular complexity index is 584. The maximum Gasteiger partial charge on any atom is 0.175 e. The van der Waals surface area contributed by atoms with Gasteiger partial charge in [0.2, 0.25) is 0 Å². The van der Waals surface area contributed by atoms with E-state index >= 15 is 0 Å². The molecule has 4 nitrogen and oxygen atoms in total. The highest BCUT2D eigenvalue weighted by molar-refractivity contribution is 7.90. The van der Waals surface area contributed by atoms with Crippen molar-refractivity contribution in [1.29, 1.82) is 0 Å². The average molecular weight is 210 g/mol. The van der Waals surface area contributed by atoms with E-state index in [0.717, 1.165) is 10.9 Å². The summed E-state index contributed by atoms with van der Waals surface area (Å²) in [6, 6.07) is 5.00. The van der Waals surface area contributed by atoms with Crippen molar-refractivity contribution in [2.75, 3.05) is 6.26 Å². The lowest BCUT2D eigenvalue weighted by atomic mass is 10.2. The molecule has 0 aliphatic rings. The van der Waals surface area contributed by atoms with Crippen molar-refractivity contribution in [3.05, 3.63) is 24.4 Å². The number of rotatable bonds is 1. The quantitative estimate of drug-likeness (QED) is 0.705. The van der Waals surface area contributed by atoms with Gasteiger partial charge in [-0.05, 0) is 18.2 Å². The Morgan fingerprint density at radius 1 is 1.36 bits per heavy atom. The van der Waals surface area contributed by atoms with Crippen molar-refractivity contribution in [3.8, 4) is 0 Å². The number of hydrogen-bond acceptors (Lipinski definition) is 3. The number of benzene rings is 1. The molecule has 0 spiro atoms. The first-order valence-electron chi connectivity index (χ1n) is 4.10. The predicted molar refractivity (Wildman–Crippen MR) is 53.8 cm³/mol. The molecule has 0 fully saturated rings. The van der Waals surface area contributed by atoms with Gasteiger partial charge in [0, 0.05) is 18.7 Å². The van der Waals surface area contributed by atoms with Crippen LogP contribution in [0.2, 0.25) is 0 Å². The van der Waals surface area contributed by atoms with Gasteiger partial charge in [-0.25, -0.2) is 8.42 Å². The summed E-state index contributed by atoms with van der Waals surface area (Å²) in [5.74, 6) is 0. The van der Waals surface area contributed by atoms with Crippen LogP contribution in [0.1, 0.15) is 0 Å². The molecule has 0 amide bonds. The van der Waals surface area contributed by atoms with E-state index in [9.17, 15) is 8.42 Å². The van der Waals surface area contributed by atoms with E-state index in [1.807, 2.05) is 7.05 Å². The first-order chi connectivity index (χ1) is 6.48. The molecule has 0 aliphatic carbocycles. The number of nitrogens with zero attached hydrogens (tertiary/aromatic N) is 2. The zero-order valence-corrected chi connectivity index (χ0v) is 8.75. The molecule has 14 heavy (non-hydrogen) atoms. The summed E-state index contributed by atoms with van der Waals surface area (Å²) in [5.41, 5.74) is 0.928. The van der Waals surface area contributed by atoms with Gasteiger partial charge in [0.05, 0.1) is 16.6 Å². The van der Waals surface area contributed by atoms with E-state index in [1.165, 1.54) is 6.26 Å². The molecule has 2 aromatic rings. The van der Waals surface area contributed by atoms with E-state index in [4.69, 9.17) is 0 Å². The van der Waals surface area contributed by atoms with Crippen molar-refractivity contribution in [2.24, 2.45) is 7.05 Å². The van der Waals surface area contributed by atoms with Gasteiger partial charge in [-0.2, -0.15) is 5.10 Å². The summed E-state index contributed by atoms with van der Waals surface area (Å²) in [5, 5.41) is 4.88. The monoisotopic (exact) mass is 210 g/mol. The maximum absolute atomic E-state index is 11.3. The van der Waals surface area contributed by atoms with E-state index < -0.39 is 9.84 Å². The summed E-state index contributed by atoms with van der Waals surface area (Å²) in [4.78, 5) is 0.331. The largest absolute Gasteiger partial charge is 0.268 e. The Balaban J connectivity index is 2.76. The lowest BCUT2D eigenvalue weighted by molar-refractivity contribution is 0.602. The molecular weight excluding hydrogens is 200 g/mol. The average Bonchev–Trinajstić information content (AvgIpc) is 2.46. The van der Waals surface area contributed by atoms with Crippen LogP contribution < -0.4 is 0 Å². The van der Waals surface area contributed by atoms with Gasteiger partial charge in [-0.1, -0.05) is 0 Å². The van der Waals surface area contributed by atoms with Crippen LogP contribution in [-0.2, 0) is 16.9 Å². The maximum atomic E-state index is 11.3. The predicted octanol–water partition coefficient (Wildman–Crippen LogP) is 0.977. The van der Waals surface area contributed by atoms with E-state index in [1.54, 1.807) is 29.1 Å². The number of hydrogen-bond donors (Lipinski definition) is 0. The van der Waals surface area contributed by atoms with Gasteiger partial charge in [-0.3, -0.25) is 4.68 Å². The molecule has 0 aliphatic heterocycles. The topological polar surface area (TPSA) is 52.0 Å². The Hall–Kier alpha value is -1.36. The molecule has 2 rings (SSSR count). The highest BCUT2D eigenvalue weighted by atomic mass is 32.2. The smallest absolute Gasteiger partial charge is 0.175 e. The molecule has 1 heterocycles. The third-order valence-electron chi connectivity index (χ3n) is 2.15. The lowest BCUT2D eigenvalue weighted by Crippen LogP contribution is -1.96. The molecule has 74 valence electrons. The Kier molecular flexibility index (Phi) is 1.85. The number of aryl methyl sites for hydroxylation is 1. The van der Waals surface area contributed by atoms with Crippen molar-refractivity contribution >= 4 is 20.7 Å². The molecular formula is C9H10N2O2S. The lowest BCUT2D eigenvalue weighted by Gasteiger charge is -1.98. The summed E-state index contributed by atoms with van der Waals surface area (Å²) < 4.78 is 24.2. The van der Waals surface area contributed by atoms with Crippen LogP contribution in [0.3, 0.4) is 0 Å². The van der Waals surface area contributed by atoms with Gasteiger partial charge in [-0.15, -0.1) is 0 Å². The van der Waals surface area contributed by atoms with Crippen molar-refractivity contribution in [1.82, 2.24) is 9.78 Å². The number of sulfone groups is 1. The Labute approximate surface area is 82.1 Å². The van der Waals surface area contributed by atoms with Crippen molar-refractivity contribution in [2.45, 2.75) is 4.90 Å². The minimum Gasteiger partial charge on any atom is -0.268 e. The second kappa shape index (κ2) is 2.81. The minimum absolute atomic E-state index is 0.331. The number of fused-ring (bicyclic) bond motifs is 1. The fraction of sp³-hybridized carbons (Fsp3) is 0.222. The summed E-state index contributed by atoms with van der Waals surface area (Å²) >= 11 is 0. The third kappa shape index (κ3) is 1.39. The molecule has 1 aromatic heterocycles. The van der Waals surface area contributed by atoms with Gasteiger partial charge < -0.3 is 0 Å². The summed E-state index contributed by atoms with van der Waals surface area (Å²) in [6.45, 7) is 0. The van der Waals surface area contributed by atoms with Crippen LogP contribution in [0.4, 0.5) is 0 Å². The van der Waals surface area contributed by atoms with Crippen LogP contribution in [0, 0.1) is 0 Å². The molecule has 5 heteroatoms.